The van der Waals surface area contributed by atoms with Crippen molar-refractivity contribution in [3.8, 4) is 0 Å². The van der Waals surface area contributed by atoms with Crippen molar-refractivity contribution < 1.29 is 13.2 Å². The number of benzene rings is 4. The Hall–Kier alpha value is -6.71. The topological polar surface area (TPSA) is 84.2 Å². The highest BCUT2D eigenvalue weighted by Gasteiger charge is 2.30. The number of aromatic nitrogens is 8. The second-order valence-corrected chi connectivity index (χ2v) is 30.9. The SMILES string of the molecule is Cc1ccc(CCn2c3c(c4c(Br)ccc(Br)c42)CN(C)CC3)cn1.Cc1ccc(CCn2c3c(c4c(Cl)ccc(Br)c42)CN(C)CC3)cn1.Cc1ccc(CCn2c3c(c4c(Cl)ccc(F)c42)CN(C)CC3)cn1.Cc1ccc(CCn2c3c(c4c(F)ccc(F)c42)CN(C)CC3)cn1. The molecule has 4 aliphatic rings. The smallest absolute Gasteiger partial charge is 0.147 e. The average molecular weight is 1580 g/mol. The fourth-order valence-corrected chi connectivity index (χ4v) is 17.3. The highest BCUT2D eigenvalue weighted by molar-refractivity contribution is 9.11. The molecule has 4 aromatic carbocycles. The molecule has 0 N–H and O–H groups in total. The molecule has 0 saturated carbocycles. The van der Waals surface area contributed by atoms with Crippen molar-refractivity contribution in [2.75, 3.05) is 54.4 Å². The summed E-state index contributed by atoms with van der Waals surface area (Å²) >= 11 is 24.4. The van der Waals surface area contributed by atoms with E-state index in [4.69, 9.17) is 23.2 Å². The first kappa shape index (κ1) is 71.7. The van der Waals surface area contributed by atoms with Gasteiger partial charge >= 0.3 is 0 Å². The van der Waals surface area contributed by atoms with Crippen LogP contribution in [0.15, 0.2) is 135 Å². The molecular weight excluding hydrogens is 1500 g/mol. The Morgan fingerprint density at radius 2 is 0.620 bits per heavy atom. The average Bonchev–Trinajstić information content (AvgIpc) is 1.62. The first-order valence-corrected chi connectivity index (χ1v) is 37.6. The molecule has 20 heteroatoms. The molecule has 520 valence electrons. The number of aryl methyl sites for hydroxylation is 12. The van der Waals surface area contributed by atoms with Crippen molar-refractivity contribution in [1.29, 1.82) is 0 Å². The van der Waals surface area contributed by atoms with Gasteiger partial charge in [-0.2, -0.15) is 0 Å². The maximum atomic E-state index is 14.7. The predicted molar refractivity (Wildman–Crippen MR) is 412 cm³/mol. The van der Waals surface area contributed by atoms with Crippen molar-refractivity contribution in [2.24, 2.45) is 0 Å². The fraction of sp³-hybridized carbons (Fsp3) is 0.350. The summed E-state index contributed by atoms with van der Waals surface area (Å²) in [5.41, 5.74) is 22.7. The molecule has 0 saturated heterocycles. The van der Waals surface area contributed by atoms with E-state index < -0.39 is 0 Å². The van der Waals surface area contributed by atoms with Gasteiger partial charge in [0.1, 0.15) is 17.5 Å². The van der Waals surface area contributed by atoms with Crippen molar-refractivity contribution in [3.05, 3.63) is 253 Å². The third-order valence-electron chi connectivity index (χ3n) is 20.3. The summed E-state index contributed by atoms with van der Waals surface area (Å²) in [7, 11) is 8.49. The van der Waals surface area contributed by atoms with E-state index in [1.54, 1.807) is 6.07 Å². The quantitative estimate of drug-likeness (QED) is 0.120. The van der Waals surface area contributed by atoms with Crippen LogP contribution in [0.4, 0.5) is 13.2 Å². The van der Waals surface area contributed by atoms with Gasteiger partial charge in [0.05, 0.1) is 32.1 Å². The summed E-state index contributed by atoms with van der Waals surface area (Å²) in [5.74, 6) is -0.882. The van der Waals surface area contributed by atoms with Crippen LogP contribution in [0.1, 0.15) is 90.1 Å². The Labute approximate surface area is 619 Å². The Balaban J connectivity index is 0.000000119. The number of fused-ring (bicyclic) bond motifs is 12. The third-order valence-corrected chi connectivity index (χ3v) is 22.9. The van der Waals surface area contributed by atoms with Gasteiger partial charge in [0.15, 0.2) is 0 Å². The summed E-state index contributed by atoms with van der Waals surface area (Å²) in [6.07, 6.45) is 15.2. The van der Waals surface area contributed by atoms with Crippen LogP contribution in [-0.2, 0) is 104 Å². The number of hydrogen-bond acceptors (Lipinski definition) is 8. The molecule has 0 aliphatic carbocycles. The number of pyridine rings is 4. The van der Waals surface area contributed by atoms with E-state index in [-0.39, 0.29) is 17.5 Å². The lowest BCUT2D eigenvalue weighted by Gasteiger charge is -2.24. The zero-order chi connectivity index (χ0) is 70.2. The number of nitrogens with zero attached hydrogens (tertiary/aromatic N) is 12. The van der Waals surface area contributed by atoms with Gasteiger partial charge in [0.2, 0.25) is 0 Å². The normalized spacial score (nSPS) is 14.9. The van der Waals surface area contributed by atoms with Crippen LogP contribution < -0.4 is 0 Å². The van der Waals surface area contributed by atoms with Crippen LogP contribution in [-0.4, -0.2) is 112 Å². The molecular formula is C80H84Br3Cl2F3N12. The van der Waals surface area contributed by atoms with Crippen LogP contribution in [0.2, 0.25) is 10.0 Å². The van der Waals surface area contributed by atoms with Gasteiger partial charge in [-0.25, -0.2) is 13.2 Å². The van der Waals surface area contributed by atoms with Gasteiger partial charge in [-0.05, 0) is 231 Å². The van der Waals surface area contributed by atoms with Crippen LogP contribution in [0.5, 0.6) is 0 Å². The zero-order valence-electron chi connectivity index (χ0n) is 58.1. The Morgan fingerprint density at radius 3 is 0.990 bits per heavy atom. The summed E-state index contributed by atoms with van der Waals surface area (Å²) < 4.78 is 56.3. The monoisotopic (exact) mass is 1580 g/mol. The molecule has 0 radical (unpaired) electrons. The summed E-state index contributed by atoms with van der Waals surface area (Å²) in [6.45, 7) is 18.8. The molecule has 0 atom stereocenters. The van der Waals surface area contributed by atoms with Crippen LogP contribution in [0.3, 0.4) is 0 Å². The zero-order valence-corrected chi connectivity index (χ0v) is 64.3. The lowest BCUT2D eigenvalue weighted by Crippen LogP contribution is -2.27. The molecule has 0 fully saturated rings. The molecule has 0 spiro atoms. The lowest BCUT2D eigenvalue weighted by molar-refractivity contribution is 0.309. The maximum absolute atomic E-state index is 14.7. The summed E-state index contributed by atoms with van der Waals surface area (Å²) in [5, 5.41) is 5.38. The van der Waals surface area contributed by atoms with Gasteiger partial charge in [-0.3, -0.25) is 19.9 Å². The summed E-state index contributed by atoms with van der Waals surface area (Å²) in [4.78, 5) is 26.7. The first-order valence-electron chi connectivity index (χ1n) is 34.5. The van der Waals surface area contributed by atoms with E-state index in [9.17, 15) is 13.2 Å². The molecule has 12 heterocycles. The van der Waals surface area contributed by atoms with E-state index in [0.29, 0.717) is 34.5 Å². The van der Waals surface area contributed by atoms with E-state index >= 15 is 0 Å². The van der Waals surface area contributed by atoms with Gasteiger partial charge in [0, 0.05) is 210 Å². The predicted octanol–water partition coefficient (Wildman–Crippen LogP) is 18.3. The van der Waals surface area contributed by atoms with Gasteiger partial charge < -0.3 is 37.9 Å². The summed E-state index contributed by atoms with van der Waals surface area (Å²) in [6, 6.07) is 30.7. The maximum Gasteiger partial charge on any atom is 0.147 e. The molecule has 0 bridgehead atoms. The van der Waals surface area contributed by atoms with Gasteiger partial charge in [-0.15, -0.1) is 0 Å². The number of halogens is 8. The fourth-order valence-electron chi connectivity index (χ4n) is 15.1. The Morgan fingerprint density at radius 1 is 0.340 bits per heavy atom. The molecule has 4 aliphatic heterocycles. The van der Waals surface area contributed by atoms with E-state index in [0.717, 1.165) is 177 Å². The number of likely N-dealkylation sites (N-methyl/N-ethyl adjacent to an activating group) is 4. The third kappa shape index (κ3) is 15.2. The second kappa shape index (κ2) is 31.1. The van der Waals surface area contributed by atoms with Crippen LogP contribution >= 0.6 is 71.0 Å². The first-order chi connectivity index (χ1) is 48.2. The van der Waals surface area contributed by atoms with Crippen molar-refractivity contribution >= 4 is 115 Å². The molecule has 100 heavy (non-hydrogen) atoms. The minimum absolute atomic E-state index is 0.196. The largest absolute Gasteiger partial charge is 0.343 e. The van der Waals surface area contributed by atoms with Crippen molar-refractivity contribution in [2.45, 2.75) is 131 Å². The minimum Gasteiger partial charge on any atom is -0.343 e. The highest BCUT2D eigenvalue weighted by atomic mass is 79.9. The number of rotatable bonds is 12. The second-order valence-electron chi connectivity index (χ2n) is 27.5. The van der Waals surface area contributed by atoms with E-state index in [1.165, 1.54) is 93.8 Å². The Bertz CT molecular complexity index is 4350. The van der Waals surface area contributed by atoms with Crippen molar-refractivity contribution in [1.82, 2.24) is 57.8 Å². The standard InChI is InChI=1S/C20H21Br2N3.C20H21BrClN3.C20H21ClFN3.C20H21F2N3/c1-13-3-4-14(11-23-13)7-10-25-18-8-9-24(2)12-15(18)19-16(21)5-6-17(22)20(19)25;1-13-3-4-14(11-23-13)7-10-25-18-8-9-24(2)12-15(18)19-17(22)6-5-16(21)20(19)25;2*1-13-3-4-14(11-23-13)7-10-25-18-8-9-24(2)12-15(18)19-16(21)5-6-17(22)20(19)25/h4*3-6,11H,7-10,12H2,1-2H3. The molecule has 16 rings (SSSR count). The minimum atomic E-state index is -0.351. The molecule has 0 amide bonds. The van der Waals surface area contributed by atoms with E-state index in [2.05, 4.69) is 171 Å². The molecule has 12 aromatic rings. The highest BCUT2D eigenvalue weighted by Crippen LogP contribution is 2.42. The van der Waals surface area contributed by atoms with Crippen LogP contribution in [0.25, 0.3) is 43.6 Å². The van der Waals surface area contributed by atoms with Gasteiger partial charge in [0.25, 0.3) is 0 Å². The molecule has 12 nitrogen and oxygen atoms in total. The molecule has 8 aromatic heterocycles. The lowest BCUT2D eigenvalue weighted by atomic mass is 10.0. The molecule has 0 unspecified atom stereocenters. The van der Waals surface area contributed by atoms with E-state index in [1.807, 2.05) is 88.4 Å². The van der Waals surface area contributed by atoms with Gasteiger partial charge in [-0.1, -0.05) is 63.4 Å². The van der Waals surface area contributed by atoms with Crippen LogP contribution in [0, 0.1) is 45.1 Å². The Kier molecular flexibility index (Phi) is 22.3. The number of hydrogen-bond donors (Lipinski definition) is 0. The van der Waals surface area contributed by atoms with Crippen molar-refractivity contribution in [3.63, 3.8) is 0 Å².